The van der Waals surface area contributed by atoms with Crippen LogP contribution < -0.4 is 0 Å². The van der Waals surface area contributed by atoms with Gasteiger partial charge in [-0.15, -0.1) is 0 Å². The highest BCUT2D eigenvalue weighted by molar-refractivity contribution is 9.10. The Morgan fingerprint density at radius 1 is 1.13 bits per heavy atom. The summed E-state index contributed by atoms with van der Waals surface area (Å²) in [5.41, 5.74) is 3.34. The number of amides is 1. The Balaban J connectivity index is 1.69. The van der Waals surface area contributed by atoms with Crippen LogP contribution in [0.25, 0.3) is 16.9 Å². The van der Waals surface area contributed by atoms with Crippen LogP contribution >= 0.6 is 15.9 Å². The van der Waals surface area contributed by atoms with Gasteiger partial charge in [0.1, 0.15) is 0 Å². The second-order valence-corrected chi connectivity index (χ2v) is 8.51. The first-order chi connectivity index (χ1) is 15.0. The summed E-state index contributed by atoms with van der Waals surface area (Å²) in [6.07, 6.45) is 2.09. The molecule has 1 aliphatic rings. The number of benzene rings is 2. The Hall–Kier alpha value is -2.93. The van der Waals surface area contributed by atoms with E-state index in [9.17, 15) is 9.59 Å². The summed E-state index contributed by atoms with van der Waals surface area (Å²) in [4.78, 5) is 27.0. The fourth-order valence-electron chi connectivity index (χ4n) is 3.85. The van der Waals surface area contributed by atoms with Crippen molar-refractivity contribution in [2.24, 2.45) is 0 Å². The zero-order chi connectivity index (χ0) is 22.0. The number of likely N-dealkylation sites (tertiary alicyclic amines) is 1. The molecular formula is C24H24BrN3O3. The van der Waals surface area contributed by atoms with Gasteiger partial charge in [0.15, 0.2) is 5.69 Å². The largest absolute Gasteiger partial charge is 0.461 e. The van der Waals surface area contributed by atoms with Gasteiger partial charge in [-0.2, -0.15) is 5.10 Å². The molecule has 0 spiro atoms. The van der Waals surface area contributed by atoms with Gasteiger partial charge in [-0.1, -0.05) is 28.1 Å². The minimum atomic E-state index is -0.463. The average molecular weight is 482 g/mol. The van der Waals surface area contributed by atoms with Gasteiger partial charge in [0.25, 0.3) is 5.91 Å². The predicted octanol–water partition coefficient (Wildman–Crippen LogP) is 5.10. The Bertz CT molecular complexity index is 1090. The second kappa shape index (κ2) is 9.06. The van der Waals surface area contributed by atoms with Crippen LogP contribution in [0.1, 0.15) is 47.5 Å². The molecule has 0 bridgehead atoms. The Labute approximate surface area is 189 Å². The minimum Gasteiger partial charge on any atom is -0.461 e. The topological polar surface area (TPSA) is 64.4 Å². The molecule has 3 aromatic rings. The van der Waals surface area contributed by atoms with Crippen LogP contribution in [-0.4, -0.2) is 45.8 Å². The van der Waals surface area contributed by atoms with Crippen LogP contribution in [0.3, 0.4) is 0 Å². The predicted molar refractivity (Wildman–Crippen MR) is 122 cm³/mol. The molecular weight excluding hydrogens is 458 g/mol. The smallest absolute Gasteiger partial charge is 0.358 e. The number of esters is 1. The monoisotopic (exact) mass is 481 g/mol. The molecule has 0 radical (unpaired) electrons. The lowest BCUT2D eigenvalue weighted by Gasteiger charge is -2.21. The normalized spacial score (nSPS) is 15.8. The number of halogens is 1. The molecule has 31 heavy (non-hydrogen) atoms. The summed E-state index contributed by atoms with van der Waals surface area (Å²) < 4.78 is 7.81. The third-order valence-electron chi connectivity index (χ3n) is 5.51. The van der Waals surface area contributed by atoms with Crippen molar-refractivity contribution in [2.45, 2.75) is 32.7 Å². The van der Waals surface area contributed by atoms with E-state index >= 15 is 0 Å². The Morgan fingerprint density at radius 2 is 1.84 bits per heavy atom. The lowest BCUT2D eigenvalue weighted by atomic mass is 10.1. The minimum absolute atomic E-state index is 0.0531. The van der Waals surface area contributed by atoms with E-state index in [1.54, 1.807) is 17.7 Å². The molecule has 1 aliphatic heterocycles. The van der Waals surface area contributed by atoms with Crippen LogP contribution in [0.2, 0.25) is 0 Å². The number of hydrogen-bond donors (Lipinski definition) is 0. The maximum absolute atomic E-state index is 12.8. The van der Waals surface area contributed by atoms with Crippen molar-refractivity contribution in [1.82, 2.24) is 14.7 Å². The van der Waals surface area contributed by atoms with E-state index in [4.69, 9.17) is 4.74 Å². The van der Waals surface area contributed by atoms with Crippen LogP contribution in [0.4, 0.5) is 0 Å². The fraction of sp³-hybridized carbons (Fsp3) is 0.292. The van der Waals surface area contributed by atoms with Crippen LogP contribution in [-0.2, 0) is 4.74 Å². The maximum Gasteiger partial charge on any atom is 0.358 e. The Kier molecular flexibility index (Phi) is 6.23. The van der Waals surface area contributed by atoms with E-state index in [0.717, 1.165) is 40.8 Å². The highest BCUT2D eigenvalue weighted by atomic mass is 79.9. The van der Waals surface area contributed by atoms with E-state index in [0.29, 0.717) is 5.56 Å². The van der Waals surface area contributed by atoms with Gasteiger partial charge in [-0.05, 0) is 69.2 Å². The number of rotatable bonds is 5. The van der Waals surface area contributed by atoms with Crippen molar-refractivity contribution in [3.63, 3.8) is 0 Å². The SMILES string of the molecule is CCOC(=O)c1cc(-c2ccc(Br)cc2)n(-c2ccc(C(=O)N3CCCC3C)cc2)n1. The van der Waals surface area contributed by atoms with Gasteiger partial charge in [-0.3, -0.25) is 4.79 Å². The molecule has 1 saturated heterocycles. The number of ether oxygens (including phenoxy) is 1. The Morgan fingerprint density at radius 3 is 2.45 bits per heavy atom. The van der Waals surface area contributed by atoms with Gasteiger partial charge in [0.05, 0.1) is 18.0 Å². The van der Waals surface area contributed by atoms with E-state index in [2.05, 4.69) is 28.0 Å². The molecule has 1 amide bonds. The molecule has 2 heterocycles. The number of carbonyl (C=O) groups is 2. The molecule has 1 fully saturated rings. The summed E-state index contributed by atoms with van der Waals surface area (Å²) in [5.74, 6) is -0.410. The van der Waals surface area contributed by atoms with Crippen molar-refractivity contribution in [1.29, 1.82) is 0 Å². The van der Waals surface area contributed by atoms with E-state index < -0.39 is 5.97 Å². The van der Waals surface area contributed by atoms with Crippen molar-refractivity contribution < 1.29 is 14.3 Å². The van der Waals surface area contributed by atoms with Gasteiger partial charge in [0, 0.05) is 28.2 Å². The first kappa shape index (κ1) is 21.3. The number of carbonyl (C=O) groups excluding carboxylic acids is 2. The number of aromatic nitrogens is 2. The molecule has 0 aliphatic carbocycles. The van der Waals surface area contributed by atoms with Gasteiger partial charge in [-0.25, -0.2) is 9.48 Å². The third-order valence-corrected chi connectivity index (χ3v) is 6.04. The van der Waals surface area contributed by atoms with Crippen LogP contribution in [0.15, 0.2) is 59.1 Å². The molecule has 1 aromatic heterocycles. The van der Waals surface area contributed by atoms with Crippen molar-refractivity contribution >= 4 is 27.8 Å². The van der Waals surface area contributed by atoms with E-state index in [1.807, 2.05) is 53.4 Å². The zero-order valence-corrected chi connectivity index (χ0v) is 19.1. The molecule has 0 N–H and O–H groups in total. The number of nitrogens with zero attached hydrogens (tertiary/aromatic N) is 3. The van der Waals surface area contributed by atoms with Crippen LogP contribution in [0, 0.1) is 0 Å². The van der Waals surface area contributed by atoms with Crippen LogP contribution in [0.5, 0.6) is 0 Å². The third kappa shape index (κ3) is 4.42. The zero-order valence-electron chi connectivity index (χ0n) is 17.5. The molecule has 160 valence electrons. The summed E-state index contributed by atoms with van der Waals surface area (Å²) in [5, 5.41) is 4.50. The van der Waals surface area contributed by atoms with Crippen molar-refractivity contribution in [3.05, 3.63) is 70.3 Å². The summed E-state index contributed by atoms with van der Waals surface area (Å²) in [6.45, 7) is 4.94. The lowest BCUT2D eigenvalue weighted by molar-refractivity contribution is 0.0518. The molecule has 2 aromatic carbocycles. The molecule has 0 saturated carbocycles. The molecule has 6 nitrogen and oxygen atoms in total. The lowest BCUT2D eigenvalue weighted by Crippen LogP contribution is -2.33. The highest BCUT2D eigenvalue weighted by Gasteiger charge is 2.26. The fourth-order valence-corrected chi connectivity index (χ4v) is 4.12. The summed E-state index contributed by atoms with van der Waals surface area (Å²) in [7, 11) is 0. The molecule has 7 heteroatoms. The molecule has 4 rings (SSSR count). The van der Waals surface area contributed by atoms with Gasteiger partial charge < -0.3 is 9.64 Å². The summed E-state index contributed by atoms with van der Waals surface area (Å²) >= 11 is 3.45. The van der Waals surface area contributed by atoms with Gasteiger partial charge >= 0.3 is 5.97 Å². The molecule has 1 atom stereocenters. The van der Waals surface area contributed by atoms with Crippen molar-refractivity contribution in [3.8, 4) is 16.9 Å². The first-order valence-corrected chi connectivity index (χ1v) is 11.2. The van der Waals surface area contributed by atoms with Crippen molar-refractivity contribution in [2.75, 3.05) is 13.2 Å². The maximum atomic E-state index is 12.8. The van der Waals surface area contributed by atoms with E-state index in [1.165, 1.54) is 0 Å². The first-order valence-electron chi connectivity index (χ1n) is 10.4. The average Bonchev–Trinajstić information content (AvgIpc) is 3.41. The standard InChI is InChI=1S/C24H24BrN3O3/c1-3-31-24(30)21-15-22(17-6-10-19(25)11-7-17)28(26-21)20-12-8-18(9-13-20)23(29)27-14-4-5-16(27)2/h6-13,15-16H,3-5,14H2,1-2H3. The van der Waals surface area contributed by atoms with Gasteiger partial charge in [0.2, 0.25) is 0 Å². The summed E-state index contributed by atoms with van der Waals surface area (Å²) in [6, 6.07) is 17.2. The highest BCUT2D eigenvalue weighted by Crippen LogP contribution is 2.27. The number of hydrogen-bond acceptors (Lipinski definition) is 4. The second-order valence-electron chi connectivity index (χ2n) is 7.59. The van der Waals surface area contributed by atoms with E-state index in [-0.39, 0.29) is 24.2 Å². The quantitative estimate of drug-likeness (QED) is 0.475. The molecule has 1 unspecified atom stereocenters.